The highest BCUT2D eigenvalue weighted by atomic mass is 79.9. The molecule has 0 aliphatic heterocycles. The van der Waals surface area contributed by atoms with E-state index < -0.39 is 7.12 Å². The molecule has 0 amide bonds. The molecule has 0 aliphatic carbocycles. The van der Waals surface area contributed by atoms with Crippen molar-refractivity contribution in [2.24, 2.45) is 7.05 Å². The second-order valence-electron chi connectivity index (χ2n) is 2.65. The monoisotopic (exact) mass is 232 g/mol. The zero-order chi connectivity index (χ0) is 9.30. The minimum atomic E-state index is -1.32. The van der Waals surface area contributed by atoms with Crippen LogP contribution in [0.1, 0.15) is 11.4 Å². The fourth-order valence-electron chi connectivity index (χ4n) is 1.07. The SMILES string of the molecule is Cc1nn(C)c(CB(O)O)c1Br. The first-order chi connectivity index (χ1) is 5.52. The van der Waals surface area contributed by atoms with Gasteiger partial charge in [-0.3, -0.25) is 4.68 Å². The van der Waals surface area contributed by atoms with E-state index in [1.54, 1.807) is 11.7 Å². The van der Waals surface area contributed by atoms with E-state index in [0.717, 1.165) is 15.9 Å². The molecule has 1 aromatic rings. The Kier molecular flexibility index (Phi) is 2.92. The first-order valence-corrected chi connectivity index (χ1v) is 4.35. The molecule has 0 bridgehead atoms. The van der Waals surface area contributed by atoms with Crippen LogP contribution in [0.5, 0.6) is 0 Å². The number of nitrogens with zero attached hydrogens (tertiary/aromatic N) is 2. The second kappa shape index (κ2) is 3.59. The number of hydrogen-bond acceptors (Lipinski definition) is 3. The van der Waals surface area contributed by atoms with Gasteiger partial charge in [0.2, 0.25) is 0 Å². The van der Waals surface area contributed by atoms with Gasteiger partial charge < -0.3 is 10.0 Å². The van der Waals surface area contributed by atoms with Gasteiger partial charge in [0.25, 0.3) is 0 Å². The lowest BCUT2D eigenvalue weighted by molar-refractivity contribution is 0.403. The molecule has 1 aromatic heterocycles. The van der Waals surface area contributed by atoms with Crippen LogP contribution in [0.3, 0.4) is 0 Å². The van der Waals surface area contributed by atoms with Crippen LogP contribution in [0.15, 0.2) is 4.47 Å². The van der Waals surface area contributed by atoms with Crippen LogP contribution < -0.4 is 0 Å². The summed E-state index contributed by atoms with van der Waals surface area (Å²) in [6.07, 6.45) is 0.192. The van der Waals surface area contributed by atoms with Gasteiger partial charge in [0.15, 0.2) is 0 Å². The lowest BCUT2D eigenvalue weighted by atomic mass is 9.84. The van der Waals surface area contributed by atoms with Crippen molar-refractivity contribution in [3.8, 4) is 0 Å². The maximum absolute atomic E-state index is 8.76. The topological polar surface area (TPSA) is 58.3 Å². The minimum absolute atomic E-state index is 0.192. The van der Waals surface area contributed by atoms with Crippen LogP contribution in [0.25, 0.3) is 0 Å². The van der Waals surface area contributed by atoms with Crippen LogP contribution in [0, 0.1) is 6.92 Å². The Labute approximate surface area is 79.5 Å². The summed E-state index contributed by atoms with van der Waals surface area (Å²) in [5, 5.41) is 21.6. The highest BCUT2D eigenvalue weighted by Gasteiger charge is 2.16. The molecule has 0 saturated heterocycles. The Balaban J connectivity index is 2.97. The average molecular weight is 233 g/mol. The van der Waals surface area contributed by atoms with Crippen molar-refractivity contribution in [1.29, 1.82) is 0 Å². The molecule has 2 N–H and O–H groups in total. The predicted octanol–water partition coefficient (Wildman–Crippen LogP) is 0.0455. The third kappa shape index (κ3) is 1.88. The Morgan fingerprint density at radius 3 is 2.50 bits per heavy atom. The van der Waals surface area contributed by atoms with E-state index in [1.807, 2.05) is 6.92 Å². The van der Waals surface area contributed by atoms with Gasteiger partial charge in [0.1, 0.15) is 0 Å². The summed E-state index contributed by atoms with van der Waals surface area (Å²) in [5.41, 5.74) is 1.65. The van der Waals surface area contributed by atoms with Gasteiger partial charge in [-0.25, -0.2) is 0 Å². The summed E-state index contributed by atoms with van der Waals surface area (Å²) < 4.78 is 2.48. The second-order valence-corrected chi connectivity index (χ2v) is 3.45. The molecule has 4 nitrogen and oxygen atoms in total. The van der Waals surface area contributed by atoms with E-state index >= 15 is 0 Å². The van der Waals surface area contributed by atoms with E-state index in [2.05, 4.69) is 21.0 Å². The summed E-state index contributed by atoms with van der Waals surface area (Å²) in [4.78, 5) is 0. The standard InChI is InChI=1S/C6H10BBrN2O2/c1-4-6(8)5(3-7(11)12)10(2)9-4/h11-12H,3H2,1-2H3. The first-order valence-electron chi connectivity index (χ1n) is 3.56. The molecule has 0 fully saturated rings. The predicted molar refractivity (Wildman–Crippen MR) is 49.5 cm³/mol. The van der Waals surface area contributed by atoms with Gasteiger partial charge in [0, 0.05) is 13.4 Å². The molecule has 12 heavy (non-hydrogen) atoms. The van der Waals surface area contributed by atoms with Crippen molar-refractivity contribution in [2.75, 3.05) is 0 Å². The van der Waals surface area contributed by atoms with Crippen molar-refractivity contribution in [1.82, 2.24) is 9.78 Å². The molecule has 0 radical (unpaired) electrons. The summed E-state index contributed by atoms with van der Waals surface area (Å²) in [6.45, 7) is 1.86. The number of hydrogen-bond donors (Lipinski definition) is 2. The smallest absolute Gasteiger partial charge is 0.427 e. The van der Waals surface area contributed by atoms with Crippen molar-refractivity contribution in [2.45, 2.75) is 13.2 Å². The van der Waals surface area contributed by atoms with Crippen molar-refractivity contribution < 1.29 is 10.0 Å². The van der Waals surface area contributed by atoms with Gasteiger partial charge in [-0.05, 0) is 22.9 Å². The fourth-order valence-corrected chi connectivity index (χ4v) is 1.57. The fraction of sp³-hybridized carbons (Fsp3) is 0.500. The van der Waals surface area contributed by atoms with Crippen LogP contribution >= 0.6 is 15.9 Å². The van der Waals surface area contributed by atoms with Gasteiger partial charge >= 0.3 is 7.12 Å². The molecule has 0 aliphatic rings. The van der Waals surface area contributed by atoms with Crippen molar-refractivity contribution >= 4 is 23.0 Å². The molecule has 1 heterocycles. The average Bonchev–Trinajstić information content (AvgIpc) is 2.16. The molecule has 0 atom stereocenters. The third-order valence-corrected chi connectivity index (χ3v) is 2.67. The minimum Gasteiger partial charge on any atom is -0.427 e. The summed E-state index contributed by atoms with van der Waals surface area (Å²) in [6, 6.07) is 0. The van der Waals surface area contributed by atoms with E-state index in [9.17, 15) is 0 Å². The largest absolute Gasteiger partial charge is 0.457 e. The molecular formula is C6H10BBrN2O2. The molecular weight excluding hydrogens is 223 g/mol. The van der Waals surface area contributed by atoms with E-state index in [-0.39, 0.29) is 6.32 Å². The Morgan fingerprint density at radius 1 is 1.58 bits per heavy atom. The summed E-state index contributed by atoms with van der Waals surface area (Å²) in [5.74, 6) is 0. The lowest BCUT2D eigenvalue weighted by Crippen LogP contribution is -2.17. The highest BCUT2D eigenvalue weighted by molar-refractivity contribution is 9.10. The van der Waals surface area contributed by atoms with Gasteiger partial charge in [-0.2, -0.15) is 5.10 Å². The number of halogens is 1. The summed E-state index contributed by atoms with van der Waals surface area (Å²) >= 11 is 3.32. The molecule has 6 heteroatoms. The van der Waals surface area contributed by atoms with Gasteiger partial charge in [-0.1, -0.05) is 0 Å². The maximum atomic E-state index is 8.76. The zero-order valence-electron chi connectivity index (χ0n) is 6.95. The van der Waals surface area contributed by atoms with Crippen LogP contribution in [-0.4, -0.2) is 26.9 Å². The van der Waals surface area contributed by atoms with Crippen LogP contribution in [0.2, 0.25) is 0 Å². The molecule has 66 valence electrons. The molecule has 0 unspecified atom stereocenters. The van der Waals surface area contributed by atoms with Gasteiger partial charge in [0.05, 0.1) is 15.9 Å². The van der Waals surface area contributed by atoms with Gasteiger partial charge in [-0.15, -0.1) is 0 Å². The molecule has 1 rings (SSSR count). The van der Waals surface area contributed by atoms with E-state index in [4.69, 9.17) is 10.0 Å². The van der Waals surface area contributed by atoms with Crippen molar-refractivity contribution in [3.63, 3.8) is 0 Å². The molecule has 0 saturated carbocycles. The van der Waals surface area contributed by atoms with Crippen LogP contribution in [0.4, 0.5) is 0 Å². The van der Waals surface area contributed by atoms with Crippen molar-refractivity contribution in [3.05, 3.63) is 15.9 Å². The Hall–Kier alpha value is -0.325. The van der Waals surface area contributed by atoms with Crippen LogP contribution in [-0.2, 0) is 13.4 Å². The first kappa shape index (κ1) is 9.76. The number of rotatable bonds is 2. The Morgan fingerprint density at radius 2 is 2.17 bits per heavy atom. The summed E-state index contributed by atoms with van der Waals surface area (Å²) in [7, 11) is 0.450. The lowest BCUT2D eigenvalue weighted by Gasteiger charge is -2.00. The maximum Gasteiger partial charge on any atom is 0.457 e. The number of aromatic nitrogens is 2. The number of aryl methyl sites for hydroxylation is 2. The van der Waals surface area contributed by atoms with E-state index in [1.165, 1.54) is 0 Å². The third-order valence-electron chi connectivity index (χ3n) is 1.64. The molecule has 0 spiro atoms. The quantitative estimate of drug-likeness (QED) is 0.709. The van der Waals surface area contributed by atoms with E-state index in [0.29, 0.717) is 0 Å². The Bertz CT molecular complexity index is 287. The molecule has 0 aromatic carbocycles. The highest BCUT2D eigenvalue weighted by Crippen LogP contribution is 2.20. The zero-order valence-corrected chi connectivity index (χ0v) is 8.54. The normalized spacial score (nSPS) is 10.4.